The molecule has 0 aromatic carbocycles. The molecule has 0 radical (unpaired) electrons. The van der Waals surface area contributed by atoms with Crippen LogP contribution in [0.2, 0.25) is 0 Å². The Morgan fingerprint density at radius 2 is 1.91 bits per heavy atom. The first-order chi connectivity index (χ1) is 10.9. The molecule has 13 heteroatoms. The summed E-state index contributed by atoms with van der Waals surface area (Å²) in [6.07, 6.45) is 2.34. The van der Waals surface area contributed by atoms with Gasteiger partial charge in [-0.1, -0.05) is 37.0 Å². The van der Waals surface area contributed by atoms with Crippen molar-refractivity contribution < 1.29 is 14.1 Å². The molecule has 0 rings (SSSR count). The molecule has 0 bridgehead atoms. The molecule has 0 heterocycles. The van der Waals surface area contributed by atoms with Crippen molar-refractivity contribution in [3.8, 4) is 0 Å². The summed E-state index contributed by atoms with van der Waals surface area (Å²) in [5.41, 5.74) is -0.0934. The van der Waals surface area contributed by atoms with Gasteiger partial charge in [0.05, 0.1) is 11.1 Å². The standard InChI is InChI=1S/C10H19Br2N6O4P/c1-9(18(19)20)7-14-10(13-2)8-15-22-23(21,16-5-3-11)17-6-4-12/h7-8H,3-6H2,1-2H3,(H,13,14)(H2,16,17,21)/b9-7+,15-8+. The third kappa shape index (κ3) is 10.6. The van der Waals surface area contributed by atoms with Crippen LogP contribution in [-0.2, 0) is 9.19 Å². The molecule has 0 saturated carbocycles. The summed E-state index contributed by atoms with van der Waals surface area (Å²) >= 11 is 6.43. The highest BCUT2D eigenvalue weighted by atomic mass is 79.9. The minimum atomic E-state index is -3.34. The number of aliphatic imine (C=N–C) groups is 1. The number of hydrogen-bond acceptors (Lipinski definition) is 6. The number of nitro groups is 1. The molecule has 10 nitrogen and oxygen atoms in total. The van der Waals surface area contributed by atoms with Crippen LogP contribution in [0.5, 0.6) is 0 Å². The summed E-state index contributed by atoms with van der Waals surface area (Å²) in [6, 6.07) is 0. The number of halogens is 2. The third-order valence-electron chi connectivity index (χ3n) is 2.12. The Kier molecular flexibility index (Phi) is 12.1. The molecule has 23 heavy (non-hydrogen) atoms. The number of alkyl halides is 2. The fourth-order valence-electron chi connectivity index (χ4n) is 1.02. The number of rotatable bonds is 11. The van der Waals surface area contributed by atoms with Gasteiger partial charge in [-0.15, -0.1) is 0 Å². The maximum atomic E-state index is 12.4. The number of oxime groups is 1. The van der Waals surface area contributed by atoms with Crippen molar-refractivity contribution in [1.82, 2.24) is 15.5 Å². The van der Waals surface area contributed by atoms with E-state index >= 15 is 0 Å². The predicted octanol–water partition coefficient (Wildman–Crippen LogP) is 1.82. The quantitative estimate of drug-likeness (QED) is 0.103. The molecule has 0 saturated heterocycles. The Morgan fingerprint density at radius 1 is 1.35 bits per heavy atom. The summed E-state index contributed by atoms with van der Waals surface area (Å²) in [5.74, 6) is 0.207. The zero-order valence-electron chi connectivity index (χ0n) is 12.7. The van der Waals surface area contributed by atoms with Crippen LogP contribution in [0, 0.1) is 10.1 Å². The molecule has 3 N–H and O–H groups in total. The minimum absolute atomic E-state index is 0.0934. The van der Waals surface area contributed by atoms with Gasteiger partial charge in [-0.25, -0.2) is 14.7 Å². The number of amidine groups is 1. The van der Waals surface area contributed by atoms with Crippen molar-refractivity contribution in [2.24, 2.45) is 10.1 Å². The molecule has 0 aliphatic heterocycles. The Bertz CT molecular complexity index is 502. The van der Waals surface area contributed by atoms with Crippen molar-refractivity contribution >= 4 is 51.6 Å². The Hall–Kier alpha value is -0.810. The first-order valence-corrected chi connectivity index (χ1v) is 10.2. The van der Waals surface area contributed by atoms with Crippen LogP contribution in [0.15, 0.2) is 22.0 Å². The van der Waals surface area contributed by atoms with Gasteiger partial charge in [-0.05, 0) is 0 Å². The molecule has 0 aromatic heterocycles. The number of hydrogen-bond donors (Lipinski definition) is 3. The van der Waals surface area contributed by atoms with Crippen LogP contribution < -0.4 is 15.5 Å². The van der Waals surface area contributed by atoms with Gasteiger partial charge < -0.3 is 9.94 Å². The lowest BCUT2D eigenvalue weighted by atomic mass is 10.5. The monoisotopic (exact) mass is 476 g/mol. The minimum Gasteiger partial charge on any atom is -0.340 e. The predicted molar refractivity (Wildman–Crippen MR) is 98.0 cm³/mol. The number of allylic oxidation sites excluding steroid dienone is 1. The molecular formula is C10H19Br2N6O4P. The molecule has 0 aromatic rings. The van der Waals surface area contributed by atoms with Gasteiger partial charge in [-0.2, -0.15) is 0 Å². The largest absolute Gasteiger partial charge is 0.411 e. The Labute approximate surface area is 151 Å². The van der Waals surface area contributed by atoms with Crippen LogP contribution in [0.25, 0.3) is 0 Å². The highest BCUT2D eigenvalue weighted by molar-refractivity contribution is 9.09. The fourth-order valence-corrected chi connectivity index (χ4v) is 3.25. The van der Waals surface area contributed by atoms with E-state index in [0.717, 1.165) is 0 Å². The Morgan fingerprint density at radius 3 is 2.35 bits per heavy atom. The zero-order chi connectivity index (χ0) is 17.7. The molecule has 0 spiro atoms. The van der Waals surface area contributed by atoms with E-state index in [9.17, 15) is 14.7 Å². The van der Waals surface area contributed by atoms with Crippen molar-refractivity contribution in [2.75, 3.05) is 30.8 Å². The average molecular weight is 478 g/mol. The van der Waals surface area contributed by atoms with E-state index in [1.807, 2.05) is 0 Å². The van der Waals surface area contributed by atoms with Gasteiger partial charge in [0.1, 0.15) is 12.1 Å². The number of nitrogens with zero attached hydrogens (tertiary/aromatic N) is 3. The van der Waals surface area contributed by atoms with Crippen LogP contribution in [-0.4, -0.2) is 47.8 Å². The SMILES string of the molecule is CN=C(/C=N/OP(=O)(NCCBr)NCCBr)N/C=C(\C)[N+](=O)[O-]. The lowest BCUT2D eigenvalue weighted by Gasteiger charge is -2.16. The number of nitrogens with one attached hydrogen (secondary N) is 3. The van der Waals surface area contributed by atoms with Crippen LogP contribution in [0.4, 0.5) is 0 Å². The molecule has 0 fully saturated rings. The van der Waals surface area contributed by atoms with Crippen LogP contribution >= 0.6 is 39.5 Å². The molecule has 0 unspecified atom stereocenters. The third-order valence-corrected chi connectivity index (χ3v) is 4.52. The second-order valence-corrected chi connectivity index (χ2v) is 7.34. The van der Waals surface area contributed by atoms with Crippen molar-refractivity contribution in [3.05, 3.63) is 22.0 Å². The van der Waals surface area contributed by atoms with E-state index in [2.05, 4.69) is 57.5 Å². The van der Waals surface area contributed by atoms with Crippen molar-refractivity contribution in [2.45, 2.75) is 6.92 Å². The first kappa shape index (κ1) is 22.2. The maximum absolute atomic E-state index is 12.4. The highest BCUT2D eigenvalue weighted by Gasteiger charge is 2.22. The van der Waals surface area contributed by atoms with E-state index in [-0.39, 0.29) is 11.5 Å². The maximum Gasteiger partial charge on any atom is 0.411 e. The average Bonchev–Trinajstić information content (AvgIpc) is 2.53. The second-order valence-electron chi connectivity index (χ2n) is 3.86. The topological polar surface area (TPSA) is 130 Å². The van der Waals surface area contributed by atoms with E-state index in [0.29, 0.717) is 23.7 Å². The van der Waals surface area contributed by atoms with Crippen molar-refractivity contribution in [3.63, 3.8) is 0 Å². The molecular weight excluding hydrogens is 459 g/mol. The molecule has 0 aliphatic carbocycles. The van der Waals surface area contributed by atoms with E-state index < -0.39 is 12.6 Å². The lowest BCUT2D eigenvalue weighted by molar-refractivity contribution is -0.424. The van der Waals surface area contributed by atoms with Gasteiger partial charge in [-0.3, -0.25) is 15.1 Å². The summed E-state index contributed by atoms with van der Waals surface area (Å²) in [7, 11) is -1.87. The van der Waals surface area contributed by atoms with Gasteiger partial charge in [0.25, 0.3) is 5.70 Å². The lowest BCUT2D eigenvalue weighted by Crippen LogP contribution is -2.26. The van der Waals surface area contributed by atoms with Crippen molar-refractivity contribution in [1.29, 1.82) is 0 Å². The fraction of sp³-hybridized carbons (Fsp3) is 0.600. The molecule has 0 atom stereocenters. The smallest absolute Gasteiger partial charge is 0.340 e. The van der Waals surface area contributed by atoms with Gasteiger partial charge in [0.2, 0.25) is 0 Å². The summed E-state index contributed by atoms with van der Waals surface area (Å²) in [5, 5.41) is 23.3. The highest BCUT2D eigenvalue weighted by Crippen LogP contribution is 2.37. The van der Waals surface area contributed by atoms with Gasteiger partial charge in [0, 0.05) is 37.7 Å². The Balaban J connectivity index is 4.72. The van der Waals surface area contributed by atoms with E-state index in [1.165, 1.54) is 26.4 Å². The zero-order valence-corrected chi connectivity index (χ0v) is 16.7. The van der Waals surface area contributed by atoms with Gasteiger partial charge in [0.15, 0.2) is 0 Å². The first-order valence-electron chi connectivity index (χ1n) is 6.37. The summed E-state index contributed by atoms with van der Waals surface area (Å²) in [6.45, 7) is 2.16. The molecule has 132 valence electrons. The van der Waals surface area contributed by atoms with E-state index in [1.54, 1.807) is 0 Å². The summed E-state index contributed by atoms with van der Waals surface area (Å²) < 4.78 is 17.4. The van der Waals surface area contributed by atoms with Crippen LogP contribution in [0.3, 0.4) is 0 Å². The van der Waals surface area contributed by atoms with Gasteiger partial charge >= 0.3 is 7.67 Å². The van der Waals surface area contributed by atoms with E-state index in [4.69, 9.17) is 4.62 Å². The summed E-state index contributed by atoms with van der Waals surface area (Å²) in [4.78, 5) is 13.8. The van der Waals surface area contributed by atoms with Crippen LogP contribution in [0.1, 0.15) is 6.92 Å². The normalized spacial score (nSPS) is 13.4. The molecule has 0 aliphatic rings. The molecule has 0 amide bonds. The second kappa shape index (κ2) is 12.6.